The fourth-order valence-electron chi connectivity index (χ4n) is 2.99. The molecule has 2 aliphatic rings. The smallest absolute Gasteiger partial charge is 0.230 e. The molecule has 0 aromatic heterocycles. The van der Waals surface area contributed by atoms with Crippen molar-refractivity contribution >= 4 is 5.91 Å². The van der Waals surface area contributed by atoms with Crippen LogP contribution in [0, 0.1) is 5.41 Å². The largest absolute Gasteiger partial charge is 0.391 e. The van der Waals surface area contributed by atoms with Crippen LogP contribution in [0.2, 0.25) is 0 Å². The topological polar surface area (TPSA) is 52.6 Å². The number of carbonyl (C=O) groups is 1. The van der Waals surface area contributed by atoms with Crippen LogP contribution in [0.5, 0.6) is 0 Å². The minimum absolute atomic E-state index is 0.182. The lowest BCUT2D eigenvalue weighted by Gasteiger charge is -2.31. The lowest BCUT2D eigenvalue weighted by atomic mass is 9.81. The van der Waals surface area contributed by atoms with Crippen molar-refractivity contribution in [3.05, 3.63) is 0 Å². The third-order valence-electron chi connectivity index (χ3n) is 3.88. The van der Waals surface area contributed by atoms with Crippen LogP contribution in [0.15, 0.2) is 0 Å². The summed E-state index contributed by atoms with van der Waals surface area (Å²) in [6.07, 6.45) is 3.39. The molecule has 1 unspecified atom stereocenters. The van der Waals surface area contributed by atoms with E-state index in [-0.39, 0.29) is 17.4 Å². The molecular weight excluding hydrogens is 204 g/mol. The second-order valence-corrected chi connectivity index (χ2v) is 5.15. The van der Waals surface area contributed by atoms with Gasteiger partial charge in [-0.2, -0.15) is 0 Å². The highest BCUT2D eigenvalue weighted by atomic mass is 16.3. The number of likely N-dealkylation sites (tertiary alicyclic amines) is 1. The Morgan fingerprint density at radius 2 is 2.44 bits per heavy atom. The van der Waals surface area contributed by atoms with Crippen molar-refractivity contribution in [2.24, 2.45) is 5.41 Å². The van der Waals surface area contributed by atoms with Crippen LogP contribution >= 0.6 is 0 Å². The van der Waals surface area contributed by atoms with Gasteiger partial charge >= 0.3 is 0 Å². The summed E-state index contributed by atoms with van der Waals surface area (Å²) in [7, 11) is 0. The van der Waals surface area contributed by atoms with Gasteiger partial charge in [0.15, 0.2) is 0 Å². The number of β-amino-alcohol motifs (C(OH)–C–C–N with tert-alkyl or cyclic N) is 1. The predicted octanol–water partition coefficient (Wildman–Crippen LogP) is 0.359. The molecule has 2 aliphatic heterocycles. The van der Waals surface area contributed by atoms with Crippen molar-refractivity contribution in [1.29, 1.82) is 0 Å². The lowest BCUT2D eigenvalue weighted by molar-refractivity contribution is -0.140. The number of carbonyl (C=O) groups excluding carboxylic acids is 1. The molecule has 92 valence electrons. The molecule has 2 atom stereocenters. The number of amides is 1. The molecule has 0 radical (unpaired) electrons. The molecule has 0 saturated carbocycles. The Hall–Kier alpha value is -0.610. The van der Waals surface area contributed by atoms with Gasteiger partial charge in [0, 0.05) is 19.6 Å². The Labute approximate surface area is 97.0 Å². The number of hydrogen-bond donors (Lipinski definition) is 2. The summed E-state index contributed by atoms with van der Waals surface area (Å²) >= 11 is 0. The zero-order valence-corrected chi connectivity index (χ0v) is 10.0. The second-order valence-electron chi connectivity index (χ2n) is 5.15. The van der Waals surface area contributed by atoms with Crippen molar-refractivity contribution in [2.45, 2.75) is 38.7 Å². The fourth-order valence-corrected chi connectivity index (χ4v) is 2.99. The molecule has 0 aromatic rings. The van der Waals surface area contributed by atoms with Gasteiger partial charge in [-0.25, -0.2) is 0 Å². The van der Waals surface area contributed by atoms with Gasteiger partial charge < -0.3 is 15.3 Å². The van der Waals surface area contributed by atoms with Crippen molar-refractivity contribution in [3.8, 4) is 0 Å². The minimum Gasteiger partial charge on any atom is -0.391 e. The van der Waals surface area contributed by atoms with Gasteiger partial charge in [-0.05, 0) is 25.8 Å². The van der Waals surface area contributed by atoms with Crippen molar-refractivity contribution in [3.63, 3.8) is 0 Å². The van der Waals surface area contributed by atoms with Gasteiger partial charge in [-0.15, -0.1) is 0 Å². The van der Waals surface area contributed by atoms with Crippen LogP contribution in [0.4, 0.5) is 0 Å². The number of aliphatic hydroxyl groups is 1. The molecule has 0 spiro atoms. The number of aliphatic hydroxyl groups excluding tert-OH is 1. The Bertz CT molecular complexity index is 262. The number of hydrogen-bond acceptors (Lipinski definition) is 3. The maximum absolute atomic E-state index is 12.5. The molecule has 0 bridgehead atoms. The summed E-state index contributed by atoms with van der Waals surface area (Å²) in [5.41, 5.74) is -0.182. The van der Waals surface area contributed by atoms with Crippen molar-refractivity contribution < 1.29 is 9.90 Å². The predicted molar refractivity (Wildman–Crippen MR) is 62.0 cm³/mol. The van der Waals surface area contributed by atoms with Gasteiger partial charge in [0.25, 0.3) is 0 Å². The van der Waals surface area contributed by atoms with Crippen LogP contribution in [0.3, 0.4) is 0 Å². The molecule has 0 aliphatic carbocycles. The van der Waals surface area contributed by atoms with Crippen LogP contribution in [-0.4, -0.2) is 48.2 Å². The second kappa shape index (κ2) is 4.72. The minimum atomic E-state index is -0.308. The average Bonchev–Trinajstić information content (AvgIpc) is 2.87. The standard InChI is InChI=1S/C12H22N2O2/c1-2-4-12(5-6-13-9-12)11(16)14-7-3-10(15)8-14/h10,13,15H,2-9H2,1H3/t10-,12?/m0/s1. The van der Waals surface area contributed by atoms with Crippen molar-refractivity contribution in [2.75, 3.05) is 26.2 Å². The molecule has 1 amide bonds. The van der Waals surface area contributed by atoms with Crippen LogP contribution in [-0.2, 0) is 4.79 Å². The molecule has 2 rings (SSSR count). The number of rotatable bonds is 3. The van der Waals surface area contributed by atoms with Crippen LogP contribution in [0.25, 0.3) is 0 Å². The van der Waals surface area contributed by atoms with E-state index in [0.717, 1.165) is 45.3 Å². The third kappa shape index (κ3) is 2.09. The zero-order valence-electron chi connectivity index (χ0n) is 10.0. The highest BCUT2D eigenvalue weighted by molar-refractivity contribution is 5.83. The third-order valence-corrected chi connectivity index (χ3v) is 3.88. The van der Waals surface area contributed by atoms with E-state index in [9.17, 15) is 9.90 Å². The first-order valence-corrected chi connectivity index (χ1v) is 6.36. The van der Waals surface area contributed by atoms with E-state index in [1.807, 2.05) is 4.90 Å². The molecule has 2 saturated heterocycles. The van der Waals surface area contributed by atoms with Gasteiger partial charge in [0.05, 0.1) is 11.5 Å². The normalized spacial score (nSPS) is 34.6. The van der Waals surface area contributed by atoms with E-state index in [1.165, 1.54) is 0 Å². The molecule has 0 aromatic carbocycles. The molecule has 4 heteroatoms. The van der Waals surface area contributed by atoms with E-state index in [1.54, 1.807) is 0 Å². The van der Waals surface area contributed by atoms with Gasteiger partial charge in [-0.3, -0.25) is 4.79 Å². The molecule has 2 fully saturated rings. The average molecular weight is 226 g/mol. The first-order chi connectivity index (χ1) is 7.68. The van der Waals surface area contributed by atoms with Crippen molar-refractivity contribution in [1.82, 2.24) is 10.2 Å². The Morgan fingerprint density at radius 1 is 1.62 bits per heavy atom. The number of nitrogens with one attached hydrogen (secondary N) is 1. The van der Waals surface area contributed by atoms with E-state index in [4.69, 9.17) is 0 Å². The molecule has 2 heterocycles. The summed E-state index contributed by atoms with van der Waals surface area (Å²) < 4.78 is 0. The Balaban J connectivity index is 2.05. The summed E-state index contributed by atoms with van der Waals surface area (Å²) in [4.78, 5) is 14.3. The quantitative estimate of drug-likeness (QED) is 0.730. The Kier molecular flexibility index (Phi) is 3.50. The maximum atomic E-state index is 12.5. The highest BCUT2D eigenvalue weighted by Gasteiger charge is 2.43. The first kappa shape index (κ1) is 11.9. The zero-order chi connectivity index (χ0) is 11.6. The summed E-state index contributed by atoms with van der Waals surface area (Å²) in [5, 5.41) is 12.8. The molecule has 4 nitrogen and oxygen atoms in total. The molecular formula is C12H22N2O2. The van der Waals surface area contributed by atoms with Crippen LogP contribution < -0.4 is 5.32 Å². The monoisotopic (exact) mass is 226 g/mol. The van der Waals surface area contributed by atoms with E-state index >= 15 is 0 Å². The maximum Gasteiger partial charge on any atom is 0.230 e. The molecule has 16 heavy (non-hydrogen) atoms. The summed E-state index contributed by atoms with van der Waals surface area (Å²) in [6, 6.07) is 0. The van der Waals surface area contributed by atoms with E-state index in [0.29, 0.717) is 6.54 Å². The van der Waals surface area contributed by atoms with E-state index in [2.05, 4.69) is 12.2 Å². The lowest BCUT2D eigenvalue weighted by Crippen LogP contribution is -2.44. The van der Waals surface area contributed by atoms with Gasteiger partial charge in [0.2, 0.25) is 5.91 Å². The SMILES string of the molecule is CCCC1(C(=O)N2CC[C@H](O)C2)CCNC1. The first-order valence-electron chi connectivity index (χ1n) is 6.36. The van der Waals surface area contributed by atoms with E-state index < -0.39 is 0 Å². The Morgan fingerprint density at radius 3 is 2.94 bits per heavy atom. The molecule has 2 N–H and O–H groups in total. The highest BCUT2D eigenvalue weighted by Crippen LogP contribution is 2.34. The van der Waals surface area contributed by atoms with Gasteiger partial charge in [0.1, 0.15) is 0 Å². The number of nitrogens with zero attached hydrogens (tertiary/aromatic N) is 1. The summed E-state index contributed by atoms with van der Waals surface area (Å²) in [6.45, 7) is 5.15. The fraction of sp³-hybridized carbons (Fsp3) is 0.917. The van der Waals surface area contributed by atoms with Gasteiger partial charge in [-0.1, -0.05) is 13.3 Å². The summed E-state index contributed by atoms with van der Waals surface area (Å²) in [5.74, 6) is 0.260. The van der Waals surface area contributed by atoms with Crippen LogP contribution in [0.1, 0.15) is 32.6 Å².